The van der Waals surface area contributed by atoms with Crippen molar-refractivity contribution in [2.45, 2.75) is 31.6 Å². The molecule has 0 spiro atoms. The summed E-state index contributed by atoms with van der Waals surface area (Å²) in [5.74, 6) is 2.30. The second-order valence-electron chi connectivity index (χ2n) is 5.43. The van der Waals surface area contributed by atoms with Crippen molar-refractivity contribution in [2.24, 2.45) is 4.99 Å². The maximum Gasteiger partial charge on any atom is 0.191 e. The maximum atomic E-state index is 13.5. The number of ether oxygens (including phenoxy) is 1. The number of nitrogens with zero attached hydrogens (tertiary/aromatic N) is 1. The number of hydrogen-bond acceptors (Lipinski definition) is 3. The van der Waals surface area contributed by atoms with E-state index >= 15 is 0 Å². The molecule has 1 aliphatic heterocycles. The van der Waals surface area contributed by atoms with E-state index in [1.165, 1.54) is 6.07 Å². The van der Waals surface area contributed by atoms with Crippen molar-refractivity contribution in [2.75, 3.05) is 32.0 Å². The van der Waals surface area contributed by atoms with Crippen molar-refractivity contribution >= 4 is 17.7 Å². The van der Waals surface area contributed by atoms with Crippen molar-refractivity contribution in [3.63, 3.8) is 0 Å². The van der Waals surface area contributed by atoms with Crippen LogP contribution in [0.2, 0.25) is 0 Å². The third kappa shape index (κ3) is 6.79. The predicted octanol–water partition coefficient (Wildman–Crippen LogP) is 2.79. The van der Waals surface area contributed by atoms with E-state index in [4.69, 9.17) is 4.74 Å². The van der Waals surface area contributed by atoms with E-state index in [1.54, 1.807) is 17.8 Å². The molecule has 0 bridgehead atoms. The Labute approximate surface area is 142 Å². The molecule has 0 amide bonds. The van der Waals surface area contributed by atoms with Gasteiger partial charge in [-0.05, 0) is 31.4 Å². The Morgan fingerprint density at radius 1 is 1.39 bits per heavy atom. The third-order valence-corrected chi connectivity index (χ3v) is 4.58. The minimum absolute atomic E-state index is 0.126. The smallest absolute Gasteiger partial charge is 0.191 e. The molecule has 1 fully saturated rings. The van der Waals surface area contributed by atoms with E-state index < -0.39 is 0 Å². The predicted molar refractivity (Wildman–Crippen MR) is 95.5 cm³/mol. The van der Waals surface area contributed by atoms with E-state index in [2.05, 4.69) is 22.5 Å². The first-order valence-electron chi connectivity index (χ1n) is 8.24. The fourth-order valence-electron chi connectivity index (χ4n) is 2.36. The molecular formula is C17H26FN3OS. The third-order valence-electron chi connectivity index (χ3n) is 3.58. The fraction of sp³-hybridized carbons (Fsp3) is 0.588. The lowest BCUT2D eigenvalue weighted by Gasteiger charge is -2.12. The summed E-state index contributed by atoms with van der Waals surface area (Å²) in [4.78, 5) is 4.57. The van der Waals surface area contributed by atoms with Gasteiger partial charge in [0.2, 0.25) is 0 Å². The minimum atomic E-state index is -0.126. The highest BCUT2D eigenvalue weighted by molar-refractivity contribution is 7.98. The summed E-state index contributed by atoms with van der Waals surface area (Å²) in [7, 11) is 0. The molecule has 1 atom stereocenters. The van der Waals surface area contributed by atoms with Crippen molar-refractivity contribution in [3.8, 4) is 0 Å². The summed E-state index contributed by atoms with van der Waals surface area (Å²) in [6.45, 7) is 5.25. The van der Waals surface area contributed by atoms with Crippen LogP contribution in [0.3, 0.4) is 0 Å². The Morgan fingerprint density at radius 3 is 3.00 bits per heavy atom. The van der Waals surface area contributed by atoms with Crippen molar-refractivity contribution in [3.05, 3.63) is 35.6 Å². The molecule has 2 N–H and O–H groups in total. The van der Waals surface area contributed by atoms with Gasteiger partial charge in [-0.15, -0.1) is 0 Å². The van der Waals surface area contributed by atoms with E-state index in [0.717, 1.165) is 49.8 Å². The number of aliphatic imine (C=N–C) groups is 1. The van der Waals surface area contributed by atoms with Crippen LogP contribution in [0.25, 0.3) is 0 Å². The first-order valence-corrected chi connectivity index (χ1v) is 9.40. The van der Waals surface area contributed by atoms with E-state index in [9.17, 15) is 4.39 Å². The van der Waals surface area contributed by atoms with Gasteiger partial charge in [-0.2, -0.15) is 11.8 Å². The number of nitrogens with one attached hydrogen (secondary N) is 2. The van der Waals surface area contributed by atoms with Crippen molar-refractivity contribution in [1.29, 1.82) is 0 Å². The molecule has 0 saturated carbocycles. The second kappa shape index (κ2) is 10.5. The second-order valence-corrected chi connectivity index (χ2v) is 6.53. The van der Waals surface area contributed by atoms with Crippen molar-refractivity contribution in [1.82, 2.24) is 10.6 Å². The Morgan fingerprint density at radius 2 is 2.26 bits per heavy atom. The van der Waals surface area contributed by atoms with Gasteiger partial charge in [0.25, 0.3) is 0 Å². The largest absolute Gasteiger partial charge is 0.376 e. The molecule has 0 radical (unpaired) electrons. The monoisotopic (exact) mass is 339 g/mol. The number of guanidine groups is 1. The number of hydrogen-bond donors (Lipinski definition) is 2. The quantitative estimate of drug-likeness (QED) is 0.434. The molecule has 0 aliphatic carbocycles. The summed E-state index contributed by atoms with van der Waals surface area (Å²) in [6.07, 6.45) is 2.50. The van der Waals surface area contributed by atoms with E-state index in [1.807, 2.05) is 12.1 Å². The molecule has 1 heterocycles. The minimum Gasteiger partial charge on any atom is -0.376 e. The average molecular weight is 339 g/mol. The van der Waals surface area contributed by atoms with Gasteiger partial charge < -0.3 is 15.4 Å². The van der Waals surface area contributed by atoms with Crippen molar-refractivity contribution < 1.29 is 9.13 Å². The normalized spacial score (nSPS) is 18.2. The summed E-state index contributed by atoms with van der Waals surface area (Å²) in [5.41, 5.74) is 0.761. The average Bonchev–Trinajstić information content (AvgIpc) is 3.07. The summed E-state index contributed by atoms with van der Waals surface area (Å²) in [5, 5.41) is 6.55. The van der Waals surface area contributed by atoms with Gasteiger partial charge in [0.15, 0.2) is 5.96 Å². The van der Waals surface area contributed by atoms with Crippen LogP contribution >= 0.6 is 11.8 Å². The van der Waals surface area contributed by atoms with Crippen LogP contribution in [0, 0.1) is 5.82 Å². The lowest BCUT2D eigenvalue weighted by atomic mass is 10.2. The number of benzene rings is 1. The molecule has 1 saturated heterocycles. The number of rotatable bonds is 8. The highest BCUT2D eigenvalue weighted by Gasteiger charge is 2.14. The van der Waals surface area contributed by atoms with Gasteiger partial charge in [-0.25, -0.2) is 4.39 Å². The zero-order valence-corrected chi connectivity index (χ0v) is 14.5. The van der Waals surface area contributed by atoms with Crippen LogP contribution in [-0.2, 0) is 10.5 Å². The first-order chi connectivity index (χ1) is 11.3. The van der Waals surface area contributed by atoms with Crippen LogP contribution in [0.4, 0.5) is 4.39 Å². The number of halogens is 1. The van der Waals surface area contributed by atoms with Gasteiger partial charge in [0.1, 0.15) is 5.82 Å². The molecule has 128 valence electrons. The first kappa shape index (κ1) is 18.1. The Hall–Kier alpha value is -1.27. The fourth-order valence-corrected chi connectivity index (χ4v) is 3.21. The van der Waals surface area contributed by atoms with Gasteiger partial charge in [-0.3, -0.25) is 4.99 Å². The molecular weight excluding hydrogens is 313 g/mol. The van der Waals surface area contributed by atoms with Crippen LogP contribution in [0.15, 0.2) is 29.3 Å². The summed E-state index contributed by atoms with van der Waals surface area (Å²) >= 11 is 1.71. The highest BCUT2D eigenvalue weighted by atomic mass is 32.2. The van der Waals surface area contributed by atoms with Crippen LogP contribution < -0.4 is 10.6 Å². The zero-order chi connectivity index (χ0) is 16.3. The Kier molecular flexibility index (Phi) is 8.25. The van der Waals surface area contributed by atoms with E-state index in [-0.39, 0.29) is 11.9 Å². The van der Waals surface area contributed by atoms with Crippen LogP contribution in [0.5, 0.6) is 0 Å². The van der Waals surface area contributed by atoms with Gasteiger partial charge >= 0.3 is 0 Å². The topological polar surface area (TPSA) is 45.7 Å². The molecule has 1 aromatic rings. The van der Waals surface area contributed by atoms with E-state index in [0.29, 0.717) is 12.3 Å². The lowest BCUT2D eigenvalue weighted by molar-refractivity contribution is 0.117. The molecule has 6 heteroatoms. The van der Waals surface area contributed by atoms with Gasteiger partial charge in [-0.1, -0.05) is 18.2 Å². The number of thioether (sulfide) groups is 1. The van der Waals surface area contributed by atoms with Gasteiger partial charge in [0.05, 0.1) is 12.6 Å². The lowest BCUT2D eigenvalue weighted by Crippen LogP contribution is -2.39. The molecule has 23 heavy (non-hydrogen) atoms. The van der Waals surface area contributed by atoms with Crippen LogP contribution in [-0.4, -0.2) is 44.1 Å². The van der Waals surface area contributed by atoms with Crippen LogP contribution in [0.1, 0.15) is 25.3 Å². The zero-order valence-electron chi connectivity index (χ0n) is 13.7. The standard InChI is InChI=1S/C17H26FN3OS/c1-2-19-17(21-12-15-7-5-10-22-15)20-9-11-23-13-14-6-3-4-8-16(14)18/h3-4,6,8,15H,2,5,7,9-13H2,1H3,(H2,19,20,21). The molecule has 1 aromatic carbocycles. The Bertz CT molecular complexity index is 492. The molecule has 1 aliphatic rings. The van der Waals surface area contributed by atoms with Gasteiger partial charge in [0, 0.05) is 31.2 Å². The Balaban J connectivity index is 1.65. The SMILES string of the molecule is CCNC(=NCC1CCCO1)NCCSCc1ccccc1F. The molecule has 2 rings (SSSR count). The molecule has 0 aromatic heterocycles. The summed E-state index contributed by atoms with van der Waals surface area (Å²) in [6, 6.07) is 6.94. The molecule has 1 unspecified atom stereocenters. The maximum absolute atomic E-state index is 13.5. The highest BCUT2D eigenvalue weighted by Crippen LogP contribution is 2.14. The summed E-state index contributed by atoms with van der Waals surface area (Å²) < 4.78 is 19.1. The molecule has 4 nitrogen and oxygen atoms in total.